The summed E-state index contributed by atoms with van der Waals surface area (Å²) < 4.78 is 8.53. The first-order chi connectivity index (χ1) is 13.8. The van der Waals surface area contributed by atoms with Gasteiger partial charge in [0.05, 0.1) is 12.1 Å². The van der Waals surface area contributed by atoms with Gasteiger partial charge in [0.25, 0.3) is 5.56 Å². The highest BCUT2D eigenvalue weighted by molar-refractivity contribution is 9.10. The Morgan fingerprint density at radius 3 is 2.79 bits per heavy atom. The smallest absolute Gasteiger partial charge is 0.405 e. The summed E-state index contributed by atoms with van der Waals surface area (Å²) >= 11 is 3.53. The summed E-state index contributed by atoms with van der Waals surface area (Å²) in [5.74, 6) is -0.335. The van der Waals surface area contributed by atoms with Crippen LogP contribution in [0.3, 0.4) is 0 Å². The standard InChI is InChI=1S/C19H19BrN4O5/c1-8-12(20)6-5-11-15(8)24(10-3-4-10)18(26)14-16(11)29-13(23-14)7-21-17(25)9(2)22-19(27)28/h5-6,9-10,22H,3-4,7H2,1-2H3,(H,21,25)(H,27,28)/t9-/m1/s1. The quantitative estimate of drug-likeness (QED) is 0.534. The van der Waals surface area contributed by atoms with Gasteiger partial charge >= 0.3 is 6.09 Å². The van der Waals surface area contributed by atoms with Crippen LogP contribution in [0, 0.1) is 6.92 Å². The lowest BCUT2D eigenvalue weighted by atomic mass is 10.1. The lowest BCUT2D eigenvalue weighted by Gasteiger charge is -2.12. The van der Waals surface area contributed by atoms with Crippen molar-refractivity contribution in [2.75, 3.05) is 0 Å². The molecule has 1 saturated carbocycles. The molecule has 1 atom stereocenters. The summed E-state index contributed by atoms with van der Waals surface area (Å²) in [7, 11) is 0. The Balaban J connectivity index is 1.74. The fourth-order valence-corrected chi connectivity index (χ4v) is 3.72. The molecule has 4 rings (SSSR count). The van der Waals surface area contributed by atoms with Crippen LogP contribution in [0.5, 0.6) is 0 Å². The molecule has 3 aromatic rings. The van der Waals surface area contributed by atoms with Crippen LogP contribution in [0.4, 0.5) is 4.79 Å². The van der Waals surface area contributed by atoms with Crippen molar-refractivity contribution in [2.45, 2.75) is 45.3 Å². The van der Waals surface area contributed by atoms with E-state index in [1.54, 1.807) is 4.57 Å². The molecule has 2 amide bonds. The average Bonchev–Trinajstić information content (AvgIpc) is 3.40. The van der Waals surface area contributed by atoms with Gasteiger partial charge in [-0.1, -0.05) is 15.9 Å². The van der Waals surface area contributed by atoms with Crippen molar-refractivity contribution in [3.8, 4) is 0 Å². The molecule has 1 aromatic carbocycles. The second kappa shape index (κ2) is 7.18. The van der Waals surface area contributed by atoms with E-state index >= 15 is 0 Å². The Morgan fingerprint density at radius 2 is 2.14 bits per heavy atom. The van der Waals surface area contributed by atoms with Gasteiger partial charge in [-0.15, -0.1) is 0 Å². The van der Waals surface area contributed by atoms with Gasteiger partial charge in [0.1, 0.15) is 6.04 Å². The molecule has 2 aromatic heterocycles. The van der Waals surface area contributed by atoms with Crippen molar-refractivity contribution in [2.24, 2.45) is 0 Å². The highest BCUT2D eigenvalue weighted by Gasteiger charge is 2.30. The lowest BCUT2D eigenvalue weighted by Crippen LogP contribution is -2.44. The fraction of sp³-hybridized carbons (Fsp3) is 0.368. The first-order valence-corrected chi connectivity index (χ1v) is 9.97. The van der Waals surface area contributed by atoms with Gasteiger partial charge in [0, 0.05) is 15.9 Å². The SMILES string of the molecule is Cc1c(Br)ccc2c3oc(CNC(=O)[C@@H](C)NC(=O)O)nc3c(=O)n(C3CC3)c12. The molecular weight excluding hydrogens is 444 g/mol. The van der Waals surface area contributed by atoms with Crippen molar-refractivity contribution in [1.29, 1.82) is 0 Å². The number of nitrogens with one attached hydrogen (secondary N) is 2. The molecule has 152 valence electrons. The van der Waals surface area contributed by atoms with Crippen LogP contribution in [-0.4, -0.2) is 32.7 Å². The Kier molecular flexibility index (Phi) is 4.81. The molecule has 1 aliphatic rings. The van der Waals surface area contributed by atoms with Gasteiger partial charge in [0.2, 0.25) is 11.8 Å². The molecule has 0 unspecified atom stereocenters. The number of oxazole rings is 1. The van der Waals surface area contributed by atoms with E-state index in [2.05, 4.69) is 31.5 Å². The zero-order chi connectivity index (χ0) is 20.9. The third-order valence-corrected chi connectivity index (χ3v) is 5.86. The van der Waals surface area contributed by atoms with Crippen LogP contribution in [0.1, 0.15) is 37.3 Å². The molecule has 1 fully saturated rings. The number of aromatic nitrogens is 2. The third kappa shape index (κ3) is 3.48. The van der Waals surface area contributed by atoms with Crippen LogP contribution >= 0.6 is 15.9 Å². The highest BCUT2D eigenvalue weighted by Crippen LogP contribution is 2.39. The number of pyridine rings is 1. The van der Waals surface area contributed by atoms with E-state index in [0.29, 0.717) is 5.58 Å². The van der Waals surface area contributed by atoms with Crippen LogP contribution in [0.15, 0.2) is 25.8 Å². The predicted octanol–water partition coefficient (Wildman–Crippen LogP) is 2.82. The number of carboxylic acid groups (broad SMARTS) is 1. The number of rotatable bonds is 5. The molecule has 29 heavy (non-hydrogen) atoms. The highest BCUT2D eigenvalue weighted by atomic mass is 79.9. The molecule has 0 bridgehead atoms. The summed E-state index contributed by atoms with van der Waals surface area (Å²) in [4.78, 5) is 40.1. The lowest BCUT2D eigenvalue weighted by molar-refractivity contribution is -0.122. The van der Waals surface area contributed by atoms with E-state index in [9.17, 15) is 14.4 Å². The van der Waals surface area contributed by atoms with E-state index in [4.69, 9.17) is 9.52 Å². The van der Waals surface area contributed by atoms with Crippen molar-refractivity contribution < 1.29 is 19.1 Å². The van der Waals surface area contributed by atoms with Crippen molar-refractivity contribution in [3.05, 3.63) is 38.4 Å². The molecule has 1 aliphatic carbocycles. The van der Waals surface area contributed by atoms with Gasteiger partial charge in [-0.25, -0.2) is 9.78 Å². The molecule has 10 heteroatoms. The minimum absolute atomic E-state index is 0.0565. The summed E-state index contributed by atoms with van der Waals surface area (Å²) in [5, 5.41) is 14.1. The largest absolute Gasteiger partial charge is 0.465 e. The maximum Gasteiger partial charge on any atom is 0.405 e. The molecule has 2 heterocycles. The third-order valence-electron chi connectivity index (χ3n) is 5.00. The second-order valence-electron chi connectivity index (χ2n) is 7.15. The van der Waals surface area contributed by atoms with E-state index in [-0.39, 0.29) is 29.6 Å². The molecule has 0 spiro atoms. The Bertz CT molecular complexity index is 1210. The number of hydrogen-bond acceptors (Lipinski definition) is 5. The Hall–Kier alpha value is -2.88. The van der Waals surface area contributed by atoms with Crippen molar-refractivity contribution in [1.82, 2.24) is 20.2 Å². The monoisotopic (exact) mass is 462 g/mol. The second-order valence-corrected chi connectivity index (χ2v) is 8.00. The van der Waals surface area contributed by atoms with Crippen molar-refractivity contribution in [3.63, 3.8) is 0 Å². The number of hydrogen-bond donors (Lipinski definition) is 3. The number of amides is 2. The molecule has 9 nitrogen and oxygen atoms in total. The Morgan fingerprint density at radius 1 is 1.41 bits per heavy atom. The number of nitrogens with zero attached hydrogens (tertiary/aromatic N) is 2. The number of benzene rings is 1. The van der Waals surface area contributed by atoms with Crippen LogP contribution < -0.4 is 16.2 Å². The van der Waals surface area contributed by atoms with E-state index < -0.39 is 18.0 Å². The van der Waals surface area contributed by atoms with Crippen LogP contribution in [0.2, 0.25) is 0 Å². The first kappa shape index (κ1) is 19.4. The minimum Gasteiger partial charge on any atom is -0.465 e. The van der Waals surface area contributed by atoms with Gasteiger partial charge in [0.15, 0.2) is 11.1 Å². The Labute approximate surface area is 173 Å². The summed E-state index contributed by atoms with van der Waals surface area (Å²) in [6.45, 7) is 3.32. The van der Waals surface area contributed by atoms with Gasteiger partial charge in [-0.2, -0.15) is 0 Å². The predicted molar refractivity (Wildman–Crippen MR) is 109 cm³/mol. The molecule has 3 N–H and O–H groups in total. The topological polar surface area (TPSA) is 126 Å². The number of aryl methyl sites for hydroxylation is 1. The van der Waals surface area contributed by atoms with E-state index in [1.807, 2.05) is 19.1 Å². The number of carbonyl (C=O) groups excluding carboxylic acids is 1. The van der Waals surface area contributed by atoms with Gasteiger partial charge in [-0.3, -0.25) is 9.59 Å². The summed E-state index contributed by atoms with van der Waals surface area (Å²) in [6.07, 6.45) is 0.603. The zero-order valence-corrected chi connectivity index (χ0v) is 17.4. The minimum atomic E-state index is -1.29. The van der Waals surface area contributed by atoms with E-state index in [1.165, 1.54) is 6.92 Å². The van der Waals surface area contributed by atoms with Crippen molar-refractivity contribution >= 4 is 49.9 Å². The molecular formula is C19H19BrN4O5. The number of halogens is 1. The number of carbonyl (C=O) groups is 2. The van der Waals surface area contributed by atoms with Gasteiger partial charge in [-0.05, 0) is 44.4 Å². The molecule has 0 radical (unpaired) electrons. The maximum absolute atomic E-state index is 13.1. The number of fused-ring (bicyclic) bond motifs is 3. The van der Waals surface area contributed by atoms with E-state index in [0.717, 1.165) is 33.8 Å². The van der Waals surface area contributed by atoms with Gasteiger partial charge < -0.3 is 24.7 Å². The molecule has 0 saturated heterocycles. The normalized spacial score (nSPS) is 14.9. The summed E-state index contributed by atoms with van der Waals surface area (Å²) in [5.41, 5.74) is 2.18. The zero-order valence-electron chi connectivity index (χ0n) is 15.8. The van der Waals surface area contributed by atoms with Crippen LogP contribution in [-0.2, 0) is 11.3 Å². The average molecular weight is 463 g/mol. The first-order valence-electron chi connectivity index (χ1n) is 9.17. The molecule has 0 aliphatic heterocycles. The summed E-state index contributed by atoms with van der Waals surface area (Å²) in [6, 6.07) is 3.02. The fourth-order valence-electron chi connectivity index (χ4n) is 3.40. The van der Waals surface area contributed by atoms with Crippen LogP contribution in [0.25, 0.3) is 22.0 Å². The maximum atomic E-state index is 13.1.